The summed E-state index contributed by atoms with van der Waals surface area (Å²) in [6.45, 7) is 5.50. The summed E-state index contributed by atoms with van der Waals surface area (Å²) in [7, 11) is 0. The van der Waals surface area contributed by atoms with Gasteiger partial charge < -0.3 is 14.8 Å². The van der Waals surface area contributed by atoms with E-state index in [1.165, 1.54) is 0 Å². The Morgan fingerprint density at radius 3 is 2.52 bits per heavy atom. The molecule has 0 radical (unpaired) electrons. The maximum Gasteiger partial charge on any atom is 0.269 e. The van der Waals surface area contributed by atoms with Gasteiger partial charge >= 0.3 is 0 Å². The van der Waals surface area contributed by atoms with Crippen LogP contribution in [0, 0.1) is 13.8 Å². The second-order valence-corrected chi connectivity index (χ2v) is 5.11. The quantitative estimate of drug-likeness (QED) is 0.887. The topological polar surface area (TPSA) is 76.2 Å². The van der Waals surface area contributed by atoms with Gasteiger partial charge in [0.2, 0.25) is 6.10 Å². The van der Waals surface area contributed by atoms with Crippen LogP contribution in [0.4, 0.5) is 5.69 Å². The SMILES string of the molecule is Cc1n[nH]c(C)c1NC(=O)C1Oc2ccccc2OC1C. The summed E-state index contributed by atoms with van der Waals surface area (Å²) in [5.41, 5.74) is 2.24. The van der Waals surface area contributed by atoms with E-state index in [0.717, 1.165) is 11.4 Å². The number of para-hydroxylation sites is 2. The Morgan fingerprint density at radius 1 is 1.24 bits per heavy atom. The third-order valence-corrected chi connectivity index (χ3v) is 3.48. The molecule has 1 aliphatic rings. The summed E-state index contributed by atoms with van der Waals surface area (Å²) >= 11 is 0. The van der Waals surface area contributed by atoms with Crippen LogP contribution < -0.4 is 14.8 Å². The standard InChI is InChI=1S/C15H17N3O3/c1-8-13(9(2)18-17-8)16-15(19)14-10(3)20-11-6-4-5-7-12(11)21-14/h4-7,10,14H,1-3H3,(H,16,19)(H,17,18). The minimum Gasteiger partial charge on any atom is -0.482 e. The first kappa shape index (κ1) is 13.5. The number of fused-ring (bicyclic) bond motifs is 1. The van der Waals surface area contributed by atoms with Crippen LogP contribution in [0.25, 0.3) is 0 Å². The van der Waals surface area contributed by atoms with Crippen LogP contribution in [0.2, 0.25) is 0 Å². The summed E-state index contributed by atoms with van der Waals surface area (Å²) in [6.07, 6.45) is -1.07. The van der Waals surface area contributed by atoms with Crippen LogP contribution in [0.3, 0.4) is 0 Å². The van der Waals surface area contributed by atoms with Crippen molar-refractivity contribution in [3.05, 3.63) is 35.7 Å². The van der Waals surface area contributed by atoms with Gasteiger partial charge in [0.1, 0.15) is 6.10 Å². The number of ether oxygens (including phenoxy) is 2. The number of aromatic nitrogens is 2. The summed E-state index contributed by atoms with van der Waals surface area (Å²) in [5, 5.41) is 9.74. The van der Waals surface area contributed by atoms with Crippen LogP contribution >= 0.6 is 0 Å². The zero-order valence-corrected chi connectivity index (χ0v) is 12.1. The number of hydrogen-bond donors (Lipinski definition) is 2. The number of carbonyl (C=O) groups is 1. The Hall–Kier alpha value is -2.50. The number of anilines is 1. The Bertz CT molecular complexity index is 661. The molecule has 110 valence electrons. The fraction of sp³-hybridized carbons (Fsp3) is 0.333. The Labute approximate surface area is 122 Å². The highest BCUT2D eigenvalue weighted by Gasteiger charge is 2.34. The van der Waals surface area contributed by atoms with Gasteiger partial charge in [0, 0.05) is 0 Å². The van der Waals surface area contributed by atoms with Crippen molar-refractivity contribution in [2.75, 3.05) is 5.32 Å². The average Bonchev–Trinajstić information content (AvgIpc) is 2.78. The highest BCUT2D eigenvalue weighted by atomic mass is 16.6. The van der Waals surface area contributed by atoms with E-state index >= 15 is 0 Å². The summed E-state index contributed by atoms with van der Waals surface area (Å²) in [5.74, 6) is 0.991. The number of aromatic amines is 1. The third kappa shape index (κ3) is 2.44. The molecule has 2 heterocycles. The molecule has 2 aromatic rings. The van der Waals surface area contributed by atoms with Crippen LogP contribution in [-0.2, 0) is 4.79 Å². The normalized spacial score (nSPS) is 20.1. The molecule has 1 aromatic heterocycles. The second kappa shape index (κ2) is 5.12. The molecule has 0 fully saturated rings. The van der Waals surface area contributed by atoms with E-state index in [4.69, 9.17) is 9.47 Å². The number of benzene rings is 1. The minimum absolute atomic E-state index is 0.246. The molecule has 0 saturated carbocycles. The molecule has 1 aromatic carbocycles. The lowest BCUT2D eigenvalue weighted by Crippen LogP contribution is -2.46. The van der Waals surface area contributed by atoms with Gasteiger partial charge in [-0.2, -0.15) is 5.10 Å². The van der Waals surface area contributed by atoms with Crippen LogP contribution in [0.15, 0.2) is 24.3 Å². The Balaban J connectivity index is 1.80. The molecular weight excluding hydrogens is 270 g/mol. The molecule has 2 N–H and O–H groups in total. The Kier molecular flexibility index (Phi) is 3.29. The lowest BCUT2D eigenvalue weighted by Gasteiger charge is -2.31. The number of nitrogens with one attached hydrogen (secondary N) is 2. The Morgan fingerprint density at radius 2 is 1.90 bits per heavy atom. The number of amides is 1. The van der Waals surface area contributed by atoms with Crippen molar-refractivity contribution in [2.45, 2.75) is 33.0 Å². The largest absolute Gasteiger partial charge is 0.482 e. The fourth-order valence-corrected chi connectivity index (χ4v) is 2.34. The van der Waals surface area contributed by atoms with Gasteiger partial charge in [-0.1, -0.05) is 12.1 Å². The van der Waals surface area contributed by atoms with Crippen LogP contribution in [0.1, 0.15) is 18.3 Å². The van der Waals surface area contributed by atoms with Crippen molar-refractivity contribution in [1.29, 1.82) is 0 Å². The summed E-state index contributed by atoms with van der Waals surface area (Å²) in [6, 6.07) is 7.32. The number of carbonyl (C=O) groups excluding carboxylic acids is 1. The van der Waals surface area contributed by atoms with Gasteiger partial charge in [-0.15, -0.1) is 0 Å². The smallest absolute Gasteiger partial charge is 0.269 e. The van der Waals surface area contributed by atoms with Crippen molar-refractivity contribution in [1.82, 2.24) is 10.2 Å². The van der Waals surface area contributed by atoms with E-state index in [-0.39, 0.29) is 12.0 Å². The number of rotatable bonds is 2. The molecule has 21 heavy (non-hydrogen) atoms. The number of aryl methyl sites for hydroxylation is 2. The molecule has 3 rings (SSSR count). The van der Waals surface area contributed by atoms with Crippen molar-refractivity contribution < 1.29 is 14.3 Å². The lowest BCUT2D eigenvalue weighted by molar-refractivity contribution is -0.128. The number of nitrogens with zero attached hydrogens (tertiary/aromatic N) is 1. The molecule has 0 spiro atoms. The first-order valence-corrected chi connectivity index (χ1v) is 6.81. The zero-order valence-electron chi connectivity index (χ0n) is 12.1. The fourth-order valence-electron chi connectivity index (χ4n) is 2.34. The number of H-pyrrole nitrogens is 1. The number of hydrogen-bond acceptors (Lipinski definition) is 4. The van der Waals surface area contributed by atoms with Crippen molar-refractivity contribution in [3.63, 3.8) is 0 Å². The molecule has 2 unspecified atom stereocenters. The monoisotopic (exact) mass is 287 g/mol. The summed E-state index contributed by atoms with van der Waals surface area (Å²) < 4.78 is 11.5. The highest BCUT2D eigenvalue weighted by molar-refractivity contribution is 5.96. The van der Waals surface area contributed by atoms with Gasteiger partial charge in [0.05, 0.1) is 17.1 Å². The van der Waals surface area contributed by atoms with E-state index in [9.17, 15) is 4.79 Å². The van der Waals surface area contributed by atoms with E-state index in [2.05, 4.69) is 15.5 Å². The second-order valence-electron chi connectivity index (χ2n) is 5.11. The first-order chi connectivity index (χ1) is 10.1. The molecule has 1 aliphatic heterocycles. The molecule has 0 bridgehead atoms. The first-order valence-electron chi connectivity index (χ1n) is 6.81. The highest BCUT2D eigenvalue weighted by Crippen LogP contribution is 2.33. The van der Waals surface area contributed by atoms with Gasteiger partial charge in [-0.25, -0.2) is 0 Å². The van der Waals surface area contributed by atoms with Crippen molar-refractivity contribution in [2.24, 2.45) is 0 Å². The van der Waals surface area contributed by atoms with Gasteiger partial charge in [-0.05, 0) is 32.9 Å². The molecule has 0 saturated heterocycles. The maximum absolute atomic E-state index is 12.4. The minimum atomic E-state index is -0.700. The molecular formula is C15H17N3O3. The average molecular weight is 287 g/mol. The van der Waals surface area contributed by atoms with Crippen LogP contribution in [0.5, 0.6) is 11.5 Å². The molecule has 6 nitrogen and oxygen atoms in total. The predicted molar refractivity (Wildman–Crippen MR) is 77.6 cm³/mol. The van der Waals surface area contributed by atoms with Crippen molar-refractivity contribution >= 4 is 11.6 Å². The van der Waals surface area contributed by atoms with Crippen molar-refractivity contribution in [3.8, 4) is 11.5 Å². The molecule has 6 heteroatoms. The third-order valence-electron chi connectivity index (χ3n) is 3.48. The summed E-state index contributed by atoms with van der Waals surface area (Å²) in [4.78, 5) is 12.4. The van der Waals surface area contributed by atoms with Gasteiger partial charge in [0.15, 0.2) is 11.5 Å². The van der Waals surface area contributed by atoms with Gasteiger partial charge in [0.25, 0.3) is 5.91 Å². The molecule has 2 atom stereocenters. The van der Waals surface area contributed by atoms with Gasteiger partial charge in [-0.3, -0.25) is 9.89 Å². The molecule has 1 amide bonds. The maximum atomic E-state index is 12.4. The predicted octanol–water partition coefficient (Wildman–Crippen LogP) is 2.19. The van der Waals surface area contributed by atoms with E-state index in [1.807, 2.05) is 39.0 Å². The van der Waals surface area contributed by atoms with Crippen LogP contribution in [-0.4, -0.2) is 28.3 Å². The van der Waals surface area contributed by atoms with E-state index < -0.39 is 6.10 Å². The van der Waals surface area contributed by atoms with E-state index in [1.54, 1.807) is 6.07 Å². The zero-order chi connectivity index (χ0) is 15.0. The molecule has 0 aliphatic carbocycles. The lowest BCUT2D eigenvalue weighted by atomic mass is 10.1. The van der Waals surface area contributed by atoms with E-state index in [0.29, 0.717) is 17.2 Å².